The number of furan rings is 1. The number of hydrogen-bond donors (Lipinski definition) is 2. The van der Waals surface area contributed by atoms with Crippen LogP contribution in [-0.4, -0.2) is 44.5 Å². The third kappa shape index (κ3) is 2.71. The van der Waals surface area contributed by atoms with E-state index >= 15 is 0 Å². The van der Waals surface area contributed by atoms with Gasteiger partial charge in [0.15, 0.2) is 0 Å². The van der Waals surface area contributed by atoms with Crippen LogP contribution in [-0.2, 0) is 16.1 Å². The predicted molar refractivity (Wildman–Crippen MR) is 83.0 cm³/mol. The Bertz CT molecular complexity index is 685. The van der Waals surface area contributed by atoms with Crippen molar-refractivity contribution in [1.29, 1.82) is 0 Å². The number of aromatic carboxylic acids is 1. The van der Waals surface area contributed by atoms with Crippen molar-refractivity contribution >= 4 is 29.5 Å². The SMILES string of the molecule is Cc1oc(CNC(=O)[C@H]2CS[C@]3(C)CCC(=O)N23)cc1C(=O)O. The minimum absolute atomic E-state index is 0.0136. The molecule has 2 amide bonds. The normalized spacial score (nSPS) is 26.4. The van der Waals surface area contributed by atoms with Crippen molar-refractivity contribution in [3.05, 3.63) is 23.2 Å². The number of amides is 2. The lowest BCUT2D eigenvalue weighted by molar-refractivity contribution is -0.138. The summed E-state index contributed by atoms with van der Waals surface area (Å²) in [5.74, 6) is -0.0163. The first kappa shape index (κ1) is 15.9. The Labute approximate surface area is 137 Å². The molecule has 0 aliphatic carbocycles. The van der Waals surface area contributed by atoms with Gasteiger partial charge < -0.3 is 19.7 Å². The van der Waals surface area contributed by atoms with Crippen molar-refractivity contribution in [2.45, 2.75) is 44.1 Å². The summed E-state index contributed by atoms with van der Waals surface area (Å²) in [6, 6.07) is 0.932. The predicted octanol–water partition coefficient (Wildman–Crippen LogP) is 1.36. The molecule has 2 aliphatic heterocycles. The van der Waals surface area contributed by atoms with Crippen LogP contribution in [0.4, 0.5) is 0 Å². The number of nitrogens with one attached hydrogen (secondary N) is 1. The molecule has 0 radical (unpaired) electrons. The Kier molecular flexibility index (Phi) is 3.87. The molecule has 0 saturated carbocycles. The van der Waals surface area contributed by atoms with Gasteiger partial charge in [0.2, 0.25) is 11.8 Å². The Morgan fingerprint density at radius 2 is 2.30 bits per heavy atom. The van der Waals surface area contributed by atoms with Gasteiger partial charge in [0, 0.05) is 12.2 Å². The van der Waals surface area contributed by atoms with E-state index in [1.54, 1.807) is 23.6 Å². The lowest BCUT2D eigenvalue weighted by Gasteiger charge is -2.29. The number of rotatable bonds is 4. The maximum atomic E-state index is 12.4. The summed E-state index contributed by atoms with van der Waals surface area (Å²) in [6.45, 7) is 3.66. The molecule has 23 heavy (non-hydrogen) atoms. The first-order valence-electron chi connectivity index (χ1n) is 7.38. The van der Waals surface area contributed by atoms with Crippen molar-refractivity contribution in [3.8, 4) is 0 Å². The largest absolute Gasteiger partial charge is 0.478 e. The minimum Gasteiger partial charge on any atom is -0.478 e. The second kappa shape index (κ2) is 5.59. The fourth-order valence-electron chi connectivity index (χ4n) is 3.15. The van der Waals surface area contributed by atoms with E-state index in [4.69, 9.17) is 9.52 Å². The molecule has 2 saturated heterocycles. The molecule has 2 atom stereocenters. The lowest BCUT2D eigenvalue weighted by Crippen LogP contribution is -2.49. The molecule has 3 rings (SSSR count). The molecule has 7 nitrogen and oxygen atoms in total. The van der Waals surface area contributed by atoms with Crippen LogP contribution < -0.4 is 5.32 Å². The van der Waals surface area contributed by atoms with Gasteiger partial charge in [0.1, 0.15) is 23.1 Å². The average Bonchev–Trinajstić information content (AvgIpc) is 3.11. The summed E-state index contributed by atoms with van der Waals surface area (Å²) in [4.78, 5) is 36.8. The first-order chi connectivity index (χ1) is 10.8. The summed E-state index contributed by atoms with van der Waals surface area (Å²) in [6.07, 6.45) is 1.24. The molecular formula is C15H18N2O5S. The molecule has 1 aromatic heterocycles. The summed E-state index contributed by atoms with van der Waals surface area (Å²) in [5, 5.41) is 11.7. The molecule has 8 heteroatoms. The van der Waals surface area contributed by atoms with Crippen LogP contribution in [0.3, 0.4) is 0 Å². The molecule has 0 aromatic carbocycles. The van der Waals surface area contributed by atoms with Crippen LogP contribution >= 0.6 is 11.8 Å². The maximum Gasteiger partial charge on any atom is 0.339 e. The summed E-state index contributed by atoms with van der Waals surface area (Å²) in [7, 11) is 0. The lowest BCUT2D eigenvalue weighted by atomic mass is 10.2. The topological polar surface area (TPSA) is 99.9 Å². The van der Waals surface area contributed by atoms with Crippen LogP contribution in [0.5, 0.6) is 0 Å². The molecule has 0 bridgehead atoms. The van der Waals surface area contributed by atoms with Crippen LogP contribution in [0.25, 0.3) is 0 Å². The number of carbonyl (C=O) groups excluding carboxylic acids is 2. The van der Waals surface area contributed by atoms with E-state index < -0.39 is 12.0 Å². The van der Waals surface area contributed by atoms with E-state index in [0.717, 1.165) is 6.42 Å². The smallest absolute Gasteiger partial charge is 0.339 e. The Balaban J connectivity index is 1.65. The standard InChI is InChI=1S/C15H18N2O5S/c1-8-10(14(20)21)5-9(22-8)6-16-13(19)11-7-23-15(2)4-3-12(18)17(11)15/h5,11H,3-4,6-7H2,1-2H3,(H,16,19)(H,20,21)/t11-,15-/m1/s1. The van der Waals surface area contributed by atoms with Gasteiger partial charge in [0.25, 0.3) is 0 Å². The summed E-state index contributed by atoms with van der Waals surface area (Å²) < 4.78 is 5.34. The van der Waals surface area contributed by atoms with Crippen LogP contribution in [0.2, 0.25) is 0 Å². The number of thioether (sulfide) groups is 1. The fraction of sp³-hybridized carbons (Fsp3) is 0.533. The average molecular weight is 338 g/mol. The number of nitrogens with zero attached hydrogens (tertiary/aromatic N) is 1. The van der Waals surface area contributed by atoms with Gasteiger partial charge in [-0.05, 0) is 26.3 Å². The zero-order valence-electron chi connectivity index (χ0n) is 12.9. The highest BCUT2D eigenvalue weighted by atomic mass is 32.2. The molecule has 0 spiro atoms. The molecule has 2 fully saturated rings. The molecule has 3 heterocycles. The molecule has 1 aromatic rings. The maximum absolute atomic E-state index is 12.4. The van der Waals surface area contributed by atoms with Gasteiger partial charge in [-0.1, -0.05) is 0 Å². The highest BCUT2D eigenvalue weighted by Gasteiger charge is 2.52. The molecule has 124 valence electrons. The second-order valence-corrected chi connectivity index (χ2v) is 7.47. The van der Waals surface area contributed by atoms with E-state index in [1.807, 2.05) is 6.92 Å². The van der Waals surface area contributed by atoms with Crippen LogP contribution in [0, 0.1) is 6.92 Å². The van der Waals surface area contributed by atoms with E-state index in [0.29, 0.717) is 23.7 Å². The van der Waals surface area contributed by atoms with Gasteiger partial charge >= 0.3 is 5.97 Å². The van der Waals surface area contributed by atoms with Gasteiger partial charge in [-0.3, -0.25) is 9.59 Å². The first-order valence-corrected chi connectivity index (χ1v) is 8.37. The quantitative estimate of drug-likeness (QED) is 0.860. The monoisotopic (exact) mass is 338 g/mol. The number of carboxylic acids is 1. The van der Waals surface area contributed by atoms with Crippen molar-refractivity contribution in [3.63, 3.8) is 0 Å². The van der Waals surface area contributed by atoms with Crippen LogP contribution in [0.15, 0.2) is 10.5 Å². The third-order valence-corrected chi connectivity index (χ3v) is 5.89. The minimum atomic E-state index is -1.06. The van der Waals surface area contributed by atoms with Gasteiger partial charge in [0.05, 0.1) is 11.4 Å². The van der Waals surface area contributed by atoms with E-state index in [2.05, 4.69) is 5.32 Å². The molecule has 2 N–H and O–H groups in total. The Morgan fingerprint density at radius 1 is 1.57 bits per heavy atom. The zero-order valence-corrected chi connectivity index (χ0v) is 13.7. The number of carboxylic acid groups (broad SMARTS) is 1. The number of carbonyl (C=O) groups is 3. The van der Waals surface area contributed by atoms with Crippen molar-refractivity contribution in [1.82, 2.24) is 10.2 Å². The van der Waals surface area contributed by atoms with E-state index in [1.165, 1.54) is 6.07 Å². The molecule has 2 aliphatic rings. The van der Waals surface area contributed by atoms with E-state index in [-0.39, 0.29) is 28.8 Å². The highest BCUT2D eigenvalue weighted by Crippen LogP contribution is 2.47. The Morgan fingerprint density at radius 3 is 2.96 bits per heavy atom. The van der Waals surface area contributed by atoms with Gasteiger partial charge in [-0.15, -0.1) is 11.8 Å². The van der Waals surface area contributed by atoms with Gasteiger partial charge in [-0.2, -0.15) is 0 Å². The van der Waals surface area contributed by atoms with Crippen LogP contribution in [0.1, 0.15) is 41.6 Å². The number of fused-ring (bicyclic) bond motifs is 1. The highest BCUT2D eigenvalue weighted by molar-refractivity contribution is 8.01. The Hall–Kier alpha value is -1.96. The summed E-state index contributed by atoms with van der Waals surface area (Å²) >= 11 is 1.63. The fourth-order valence-corrected chi connectivity index (χ4v) is 4.58. The van der Waals surface area contributed by atoms with Gasteiger partial charge in [-0.25, -0.2) is 4.79 Å². The van der Waals surface area contributed by atoms with Crippen molar-refractivity contribution < 1.29 is 23.9 Å². The zero-order chi connectivity index (χ0) is 16.8. The number of hydrogen-bond acceptors (Lipinski definition) is 5. The van der Waals surface area contributed by atoms with Crippen molar-refractivity contribution in [2.24, 2.45) is 0 Å². The molecule has 0 unspecified atom stereocenters. The summed E-state index contributed by atoms with van der Waals surface area (Å²) in [5.41, 5.74) is 0.0907. The van der Waals surface area contributed by atoms with Crippen molar-refractivity contribution in [2.75, 3.05) is 5.75 Å². The third-order valence-electron chi connectivity index (χ3n) is 4.38. The molecular weight excluding hydrogens is 320 g/mol. The van der Waals surface area contributed by atoms with E-state index in [9.17, 15) is 14.4 Å². The second-order valence-electron chi connectivity index (χ2n) is 5.97. The number of aryl methyl sites for hydroxylation is 1.